The number of aromatic carboxylic acids is 1. The van der Waals surface area contributed by atoms with E-state index in [4.69, 9.17) is 9.84 Å². The minimum Gasteiger partial charge on any atom is -0.492 e. The fourth-order valence-corrected chi connectivity index (χ4v) is 3.30. The van der Waals surface area contributed by atoms with E-state index in [1.54, 1.807) is 12.1 Å². The first-order valence-corrected chi connectivity index (χ1v) is 7.95. The lowest BCUT2D eigenvalue weighted by molar-refractivity contribution is 0.0702. The van der Waals surface area contributed by atoms with Gasteiger partial charge in [-0.05, 0) is 18.2 Å². The summed E-state index contributed by atoms with van der Waals surface area (Å²) in [6.07, 6.45) is 0. The van der Waals surface area contributed by atoms with Crippen LogP contribution in [-0.4, -0.2) is 26.8 Å². The van der Waals surface area contributed by atoms with Gasteiger partial charge in [0, 0.05) is 7.05 Å². The number of aromatic nitrogens is 2. The highest BCUT2D eigenvalue weighted by Crippen LogP contribution is 2.21. The molecule has 3 rings (SSSR count). The Hall–Kier alpha value is -2.87. The molecule has 0 atom stereocenters. The molecule has 8 heteroatoms. The van der Waals surface area contributed by atoms with Crippen molar-refractivity contribution in [1.82, 2.24) is 9.13 Å². The smallest absolute Gasteiger partial charge is 0.345 e. The Labute approximate surface area is 140 Å². The summed E-state index contributed by atoms with van der Waals surface area (Å²) < 4.78 is 7.86. The van der Waals surface area contributed by atoms with Crippen molar-refractivity contribution in [2.75, 3.05) is 6.61 Å². The van der Waals surface area contributed by atoms with Crippen LogP contribution in [0.4, 0.5) is 0 Å². The second-order valence-electron chi connectivity index (χ2n) is 5.09. The maximum Gasteiger partial charge on any atom is 0.345 e. The number of aryl methyl sites for hydroxylation is 1. The molecule has 2 aromatic heterocycles. The number of carboxylic acids is 1. The highest BCUT2D eigenvalue weighted by atomic mass is 32.1. The van der Waals surface area contributed by atoms with Gasteiger partial charge in [0.05, 0.1) is 11.9 Å². The SMILES string of the molecule is Cn1c(=O)n(CCOc2ccccc2)c(=O)c2cc(C(=O)O)sc21. The largest absolute Gasteiger partial charge is 0.492 e. The second kappa shape index (κ2) is 6.32. The zero-order valence-corrected chi connectivity index (χ0v) is 13.6. The molecule has 124 valence electrons. The van der Waals surface area contributed by atoms with Crippen molar-refractivity contribution in [3.63, 3.8) is 0 Å². The predicted octanol–water partition coefficient (Wildman–Crippen LogP) is 1.54. The van der Waals surface area contributed by atoms with Gasteiger partial charge in [0.25, 0.3) is 5.56 Å². The molecule has 0 aliphatic rings. The molecular weight excluding hydrogens is 332 g/mol. The first-order valence-electron chi connectivity index (χ1n) is 7.13. The number of carbonyl (C=O) groups is 1. The molecule has 2 heterocycles. The molecule has 1 aromatic carbocycles. The summed E-state index contributed by atoms with van der Waals surface area (Å²) in [4.78, 5) is 36.3. The Morgan fingerprint density at radius 3 is 2.62 bits per heavy atom. The van der Waals surface area contributed by atoms with Gasteiger partial charge in [-0.15, -0.1) is 11.3 Å². The number of ether oxygens (including phenoxy) is 1. The third-order valence-electron chi connectivity index (χ3n) is 3.55. The van der Waals surface area contributed by atoms with Gasteiger partial charge in [0.15, 0.2) is 0 Å². The molecule has 0 amide bonds. The molecule has 3 aromatic rings. The Morgan fingerprint density at radius 1 is 1.25 bits per heavy atom. The molecule has 0 radical (unpaired) electrons. The zero-order valence-electron chi connectivity index (χ0n) is 12.8. The molecule has 0 aliphatic carbocycles. The average Bonchev–Trinajstić information content (AvgIpc) is 3.03. The highest BCUT2D eigenvalue weighted by Gasteiger charge is 2.17. The number of thiophene rings is 1. The van der Waals surface area contributed by atoms with Crippen LogP contribution in [0.2, 0.25) is 0 Å². The second-order valence-corrected chi connectivity index (χ2v) is 6.13. The topological polar surface area (TPSA) is 90.5 Å². The van der Waals surface area contributed by atoms with E-state index in [9.17, 15) is 14.4 Å². The molecule has 1 N–H and O–H groups in total. The average molecular weight is 346 g/mol. The molecule has 24 heavy (non-hydrogen) atoms. The van der Waals surface area contributed by atoms with E-state index in [2.05, 4.69) is 0 Å². The third-order valence-corrected chi connectivity index (χ3v) is 4.75. The number of benzene rings is 1. The van der Waals surface area contributed by atoms with Crippen LogP contribution in [0, 0.1) is 0 Å². The summed E-state index contributed by atoms with van der Waals surface area (Å²) in [5.41, 5.74) is -1.00. The van der Waals surface area contributed by atoms with Crippen molar-refractivity contribution in [3.8, 4) is 5.75 Å². The summed E-state index contributed by atoms with van der Waals surface area (Å²) in [6.45, 7) is 0.231. The van der Waals surface area contributed by atoms with E-state index < -0.39 is 17.2 Å². The molecule has 7 nitrogen and oxygen atoms in total. The maximum atomic E-state index is 12.5. The molecular formula is C16H14N2O5S. The van der Waals surface area contributed by atoms with Crippen LogP contribution in [-0.2, 0) is 13.6 Å². The van der Waals surface area contributed by atoms with Crippen molar-refractivity contribution in [3.05, 3.63) is 62.1 Å². The standard InChI is InChI=1S/C16H14N2O5S/c1-17-14-11(9-12(24-14)15(20)21)13(19)18(16(17)22)7-8-23-10-5-3-2-4-6-10/h2-6,9H,7-8H2,1H3,(H,20,21). The molecule has 0 spiro atoms. The van der Waals surface area contributed by atoms with Crippen molar-refractivity contribution >= 4 is 27.5 Å². The monoisotopic (exact) mass is 346 g/mol. The Bertz CT molecular complexity index is 1020. The summed E-state index contributed by atoms with van der Waals surface area (Å²) in [5.74, 6) is -0.478. The van der Waals surface area contributed by atoms with Gasteiger partial charge in [-0.2, -0.15) is 0 Å². The fourth-order valence-electron chi connectivity index (χ4n) is 2.36. The van der Waals surface area contributed by atoms with E-state index in [1.165, 1.54) is 17.7 Å². The normalized spacial score (nSPS) is 10.9. The van der Waals surface area contributed by atoms with Crippen molar-refractivity contribution < 1.29 is 14.6 Å². The van der Waals surface area contributed by atoms with Gasteiger partial charge in [-0.25, -0.2) is 9.59 Å². The number of para-hydroxylation sites is 1. The number of hydrogen-bond donors (Lipinski definition) is 1. The van der Waals surface area contributed by atoms with Crippen LogP contribution >= 0.6 is 11.3 Å². The number of nitrogens with zero attached hydrogens (tertiary/aromatic N) is 2. The highest BCUT2D eigenvalue weighted by molar-refractivity contribution is 7.20. The minimum atomic E-state index is -1.12. The molecule has 0 aliphatic heterocycles. The minimum absolute atomic E-state index is 0.0235. The van der Waals surface area contributed by atoms with Gasteiger partial charge in [-0.3, -0.25) is 13.9 Å². The van der Waals surface area contributed by atoms with E-state index in [1.807, 2.05) is 18.2 Å². The summed E-state index contributed by atoms with van der Waals surface area (Å²) in [7, 11) is 1.51. The van der Waals surface area contributed by atoms with Crippen LogP contribution in [0.25, 0.3) is 10.2 Å². The zero-order chi connectivity index (χ0) is 17.3. The van der Waals surface area contributed by atoms with Gasteiger partial charge in [0.1, 0.15) is 22.1 Å². The van der Waals surface area contributed by atoms with Gasteiger partial charge in [-0.1, -0.05) is 18.2 Å². The maximum absolute atomic E-state index is 12.5. The van der Waals surface area contributed by atoms with Gasteiger partial charge < -0.3 is 9.84 Å². The molecule has 0 unspecified atom stereocenters. The Morgan fingerprint density at radius 2 is 1.96 bits per heavy atom. The fraction of sp³-hybridized carbons (Fsp3) is 0.188. The Kier molecular flexibility index (Phi) is 4.22. The van der Waals surface area contributed by atoms with Gasteiger partial charge in [0.2, 0.25) is 0 Å². The van der Waals surface area contributed by atoms with Crippen molar-refractivity contribution in [2.45, 2.75) is 6.54 Å². The van der Waals surface area contributed by atoms with Crippen molar-refractivity contribution in [2.24, 2.45) is 7.05 Å². The van der Waals surface area contributed by atoms with Crippen molar-refractivity contribution in [1.29, 1.82) is 0 Å². The van der Waals surface area contributed by atoms with Crippen LogP contribution in [0.1, 0.15) is 9.67 Å². The number of carboxylic acid groups (broad SMARTS) is 1. The van der Waals surface area contributed by atoms with Gasteiger partial charge >= 0.3 is 11.7 Å². The van der Waals surface area contributed by atoms with Crippen LogP contribution in [0.3, 0.4) is 0 Å². The van der Waals surface area contributed by atoms with E-state index in [0.717, 1.165) is 15.9 Å². The molecule has 0 bridgehead atoms. The molecule has 0 saturated carbocycles. The first-order chi connectivity index (χ1) is 11.5. The lowest BCUT2D eigenvalue weighted by Crippen LogP contribution is -2.39. The predicted molar refractivity (Wildman–Crippen MR) is 90.2 cm³/mol. The summed E-state index contributed by atoms with van der Waals surface area (Å²) >= 11 is 0.909. The number of hydrogen-bond acceptors (Lipinski definition) is 5. The lowest BCUT2D eigenvalue weighted by Gasteiger charge is -2.09. The molecule has 0 saturated heterocycles. The quantitative estimate of drug-likeness (QED) is 0.757. The number of rotatable bonds is 5. The third kappa shape index (κ3) is 2.83. The van der Waals surface area contributed by atoms with Crippen LogP contribution in [0.5, 0.6) is 5.75 Å². The van der Waals surface area contributed by atoms with Crippen LogP contribution < -0.4 is 16.0 Å². The van der Waals surface area contributed by atoms with E-state index in [0.29, 0.717) is 10.6 Å². The van der Waals surface area contributed by atoms with E-state index >= 15 is 0 Å². The Balaban J connectivity index is 1.94. The first kappa shape index (κ1) is 16.0. The molecule has 0 fully saturated rings. The number of fused-ring (bicyclic) bond motifs is 1. The van der Waals surface area contributed by atoms with Crippen LogP contribution in [0.15, 0.2) is 46.0 Å². The van der Waals surface area contributed by atoms with E-state index in [-0.39, 0.29) is 23.4 Å². The summed E-state index contributed by atoms with van der Waals surface area (Å²) in [5, 5.41) is 9.29. The lowest BCUT2D eigenvalue weighted by atomic mass is 10.3. The summed E-state index contributed by atoms with van der Waals surface area (Å²) in [6, 6.07) is 10.4.